The molecule has 5 heteroatoms. The van der Waals surface area contributed by atoms with Crippen molar-refractivity contribution >= 4 is 29.5 Å². The summed E-state index contributed by atoms with van der Waals surface area (Å²) >= 11 is 11.6. The second-order valence-corrected chi connectivity index (χ2v) is 4.42. The lowest BCUT2D eigenvalue weighted by atomic mass is 10.2. The molecule has 2 rings (SSSR count). The van der Waals surface area contributed by atoms with Crippen molar-refractivity contribution < 1.29 is 13.9 Å². The highest BCUT2D eigenvalue weighted by molar-refractivity contribution is 6.34. The molecule has 0 radical (unpaired) electrons. The number of rotatable bonds is 3. The minimum atomic E-state index is -0.553. The van der Waals surface area contributed by atoms with Crippen LogP contribution in [0.5, 0.6) is 11.5 Å². The SMILES string of the molecule is O=Cc1cc(F)cc(Oc2cc(Cl)cc(Cl)c2)c1. The molecule has 0 saturated carbocycles. The first-order valence-corrected chi connectivity index (χ1v) is 5.72. The first-order valence-electron chi connectivity index (χ1n) is 4.96. The zero-order valence-electron chi connectivity index (χ0n) is 8.99. The summed E-state index contributed by atoms with van der Waals surface area (Å²) in [5.41, 5.74) is 0.193. The summed E-state index contributed by atoms with van der Waals surface area (Å²) < 4.78 is 18.6. The number of carbonyl (C=O) groups is 1. The summed E-state index contributed by atoms with van der Waals surface area (Å²) in [5.74, 6) is 0.0214. The van der Waals surface area contributed by atoms with Gasteiger partial charge in [-0.15, -0.1) is 0 Å². The Bertz CT molecular complexity index is 579. The maximum absolute atomic E-state index is 13.2. The number of aldehydes is 1. The van der Waals surface area contributed by atoms with Crippen LogP contribution in [-0.4, -0.2) is 6.29 Å². The maximum atomic E-state index is 13.2. The lowest BCUT2D eigenvalue weighted by Crippen LogP contribution is -1.89. The Kier molecular flexibility index (Phi) is 3.84. The van der Waals surface area contributed by atoms with Crippen molar-refractivity contribution in [2.24, 2.45) is 0 Å². The molecule has 0 atom stereocenters. The van der Waals surface area contributed by atoms with Crippen LogP contribution in [0.2, 0.25) is 10.0 Å². The second-order valence-electron chi connectivity index (χ2n) is 3.55. The molecule has 0 amide bonds. The standard InChI is InChI=1S/C13H7Cl2FO2/c14-9-3-10(15)5-13(4-9)18-12-2-8(7-17)1-11(16)6-12/h1-7H. The van der Waals surface area contributed by atoms with Crippen LogP contribution in [0, 0.1) is 5.82 Å². The van der Waals surface area contributed by atoms with Crippen LogP contribution in [0.1, 0.15) is 10.4 Å². The highest BCUT2D eigenvalue weighted by Gasteiger charge is 2.04. The van der Waals surface area contributed by atoms with Gasteiger partial charge in [-0.05, 0) is 30.3 Å². The monoisotopic (exact) mass is 284 g/mol. The van der Waals surface area contributed by atoms with E-state index in [1.165, 1.54) is 12.1 Å². The van der Waals surface area contributed by atoms with Crippen LogP contribution in [0.25, 0.3) is 0 Å². The van der Waals surface area contributed by atoms with E-state index in [1.807, 2.05) is 0 Å². The van der Waals surface area contributed by atoms with Crippen LogP contribution in [0.3, 0.4) is 0 Å². The smallest absolute Gasteiger partial charge is 0.150 e. The van der Waals surface area contributed by atoms with E-state index in [2.05, 4.69) is 0 Å². The van der Waals surface area contributed by atoms with Crippen LogP contribution < -0.4 is 4.74 Å². The van der Waals surface area contributed by atoms with Crippen molar-refractivity contribution in [3.63, 3.8) is 0 Å². The highest BCUT2D eigenvalue weighted by atomic mass is 35.5. The Hall–Kier alpha value is -1.58. The molecule has 0 saturated heterocycles. The zero-order valence-corrected chi connectivity index (χ0v) is 10.5. The van der Waals surface area contributed by atoms with Gasteiger partial charge in [-0.3, -0.25) is 4.79 Å². The van der Waals surface area contributed by atoms with E-state index in [0.29, 0.717) is 22.1 Å². The van der Waals surface area contributed by atoms with E-state index in [4.69, 9.17) is 27.9 Å². The van der Waals surface area contributed by atoms with Gasteiger partial charge in [0.05, 0.1) is 0 Å². The molecule has 2 aromatic carbocycles. The number of hydrogen-bond donors (Lipinski definition) is 0. The van der Waals surface area contributed by atoms with Gasteiger partial charge in [0, 0.05) is 21.7 Å². The van der Waals surface area contributed by atoms with Crippen molar-refractivity contribution in [2.45, 2.75) is 0 Å². The van der Waals surface area contributed by atoms with Crippen LogP contribution in [0.4, 0.5) is 4.39 Å². The Morgan fingerprint density at radius 3 is 2.17 bits per heavy atom. The fourth-order valence-corrected chi connectivity index (χ4v) is 1.94. The van der Waals surface area contributed by atoms with Gasteiger partial charge in [0.25, 0.3) is 0 Å². The summed E-state index contributed by atoms with van der Waals surface area (Å²) in [7, 11) is 0. The van der Waals surface area contributed by atoms with Crippen LogP contribution >= 0.6 is 23.2 Å². The van der Waals surface area contributed by atoms with E-state index in [9.17, 15) is 9.18 Å². The van der Waals surface area contributed by atoms with Gasteiger partial charge < -0.3 is 4.74 Å². The fourth-order valence-electron chi connectivity index (χ4n) is 1.43. The minimum absolute atomic E-state index is 0.193. The van der Waals surface area contributed by atoms with Gasteiger partial charge in [-0.2, -0.15) is 0 Å². The van der Waals surface area contributed by atoms with Crippen molar-refractivity contribution in [1.29, 1.82) is 0 Å². The predicted molar refractivity (Wildman–Crippen MR) is 68.3 cm³/mol. The van der Waals surface area contributed by atoms with Crippen molar-refractivity contribution in [2.75, 3.05) is 0 Å². The average molecular weight is 285 g/mol. The molecule has 0 N–H and O–H groups in total. The first-order chi connectivity index (χ1) is 8.56. The third-order valence-electron chi connectivity index (χ3n) is 2.10. The lowest BCUT2D eigenvalue weighted by Gasteiger charge is -2.07. The summed E-state index contributed by atoms with van der Waals surface area (Å²) in [5, 5.41) is 0.814. The molecule has 0 spiro atoms. The third-order valence-corrected chi connectivity index (χ3v) is 2.54. The van der Waals surface area contributed by atoms with E-state index >= 15 is 0 Å². The molecular weight excluding hydrogens is 278 g/mol. The summed E-state index contributed by atoms with van der Waals surface area (Å²) in [6, 6.07) is 8.34. The number of ether oxygens (including phenoxy) is 1. The summed E-state index contributed by atoms with van der Waals surface area (Å²) in [6.07, 6.45) is 0.543. The molecule has 0 aromatic heterocycles. The van der Waals surface area contributed by atoms with Gasteiger partial charge in [0.1, 0.15) is 23.6 Å². The number of halogens is 3. The largest absolute Gasteiger partial charge is 0.457 e. The Labute approximate surface area is 113 Å². The summed E-state index contributed by atoms with van der Waals surface area (Å²) in [4.78, 5) is 10.6. The van der Waals surface area contributed by atoms with Gasteiger partial charge in [0.15, 0.2) is 0 Å². The molecule has 0 unspecified atom stereocenters. The number of carbonyl (C=O) groups excluding carboxylic acids is 1. The van der Waals surface area contributed by atoms with E-state index < -0.39 is 5.82 Å². The fraction of sp³-hybridized carbons (Fsp3) is 0. The Morgan fingerprint density at radius 1 is 0.944 bits per heavy atom. The zero-order chi connectivity index (χ0) is 13.1. The quantitative estimate of drug-likeness (QED) is 0.761. The normalized spacial score (nSPS) is 10.2. The topological polar surface area (TPSA) is 26.3 Å². The molecule has 18 heavy (non-hydrogen) atoms. The molecule has 0 fully saturated rings. The van der Waals surface area contributed by atoms with Crippen LogP contribution in [0.15, 0.2) is 36.4 Å². The molecule has 0 aliphatic rings. The van der Waals surface area contributed by atoms with Crippen LogP contribution in [-0.2, 0) is 0 Å². The molecule has 0 aliphatic carbocycles. The number of hydrogen-bond acceptors (Lipinski definition) is 2. The van der Waals surface area contributed by atoms with E-state index in [0.717, 1.165) is 6.07 Å². The summed E-state index contributed by atoms with van der Waals surface area (Å²) in [6.45, 7) is 0. The second kappa shape index (κ2) is 5.38. The average Bonchev–Trinajstić information content (AvgIpc) is 2.26. The Balaban J connectivity index is 2.33. The highest BCUT2D eigenvalue weighted by Crippen LogP contribution is 2.29. The van der Waals surface area contributed by atoms with Crippen molar-refractivity contribution in [1.82, 2.24) is 0 Å². The molecule has 92 valence electrons. The van der Waals surface area contributed by atoms with Gasteiger partial charge in [0.2, 0.25) is 0 Å². The molecule has 0 heterocycles. The maximum Gasteiger partial charge on any atom is 0.150 e. The molecule has 2 nitrogen and oxygen atoms in total. The van der Waals surface area contributed by atoms with E-state index in [-0.39, 0.29) is 11.3 Å². The molecular formula is C13H7Cl2FO2. The van der Waals surface area contributed by atoms with Crippen molar-refractivity contribution in [3.05, 3.63) is 57.8 Å². The minimum Gasteiger partial charge on any atom is -0.457 e. The number of benzene rings is 2. The Morgan fingerprint density at radius 2 is 1.56 bits per heavy atom. The molecule has 2 aromatic rings. The predicted octanol–water partition coefficient (Wildman–Crippen LogP) is 4.74. The lowest BCUT2D eigenvalue weighted by molar-refractivity contribution is 0.112. The van der Waals surface area contributed by atoms with E-state index in [1.54, 1.807) is 18.2 Å². The molecule has 0 aliphatic heterocycles. The van der Waals surface area contributed by atoms with Gasteiger partial charge >= 0.3 is 0 Å². The van der Waals surface area contributed by atoms with Gasteiger partial charge in [-0.1, -0.05) is 23.2 Å². The first kappa shape index (κ1) is 12.9. The van der Waals surface area contributed by atoms with Gasteiger partial charge in [-0.25, -0.2) is 4.39 Å². The van der Waals surface area contributed by atoms with Crippen molar-refractivity contribution in [3.8, 4) is 11.5 Å². The third kappa shape index (κ3) is 3.22. The molecule has 0 bridgehead atoms.